The molecule has 2 aromatic rings. The van der Waals surface area contributed by atoms with Crippen LogP contribution in [0.5, 0.6) is 5.75 Å². The number of hydrogen-bond donors (Lipinski definition) is 0. The number of ether oxygens (including phenoxy) is 1. The second-order valence-electron chi connectivity index (χ2n) is 7.36. The van der Waals surface area contributed by atoms with E-state index in [0.29, 0.717) is 17.5 Å². The van der Waals surface area contributed by atoms with Gasteiger partial charge < -0.3 is 9.64 Å². The predicted molar refractivity (Wildman–Crippen MR) is 115 cm³/mol. The van der Waals surface area contributed by atoms with Gasteiger partial charge in [-0.3, -0.25) is 4.79 Å². The van der Waals surface area contributed by atoms with Gasteiger partial charge >= 0.3 is 0 Å². The van der Waals surface area contributed by atoms with Crippen molar-refractivity contribution < 1.29 is 22.3 Å². The van der Waals surface area contributed by atoms with E-state index >= 15 is 0 Å². The van der Waals surface area contributed by atoms with Crippen LogP contribution < -0.4 is 4.74 Å². The minimum absolute atomic E-state index is 0.0230. The van der Waals surface area contributed by atoms with Crippen LogP contribution in [-0.4, -0.2) is 53.3 Å². The fraction of sp³-hybridized carbons (Fsp3) is 0.333. The minimum Gasteiger partial charge on any atom is -0.481 e. The number of sulfone groups is 1. The van der Waals surface area contributed by atoms with Crippen LogP contribution in [0.4, 0.5) is 4.39 Å². The first-order valence-electron chi connectivity index (χ1n) is 9.53. The van der Waals surface area contributed by atoms with Crippen LogP contribution >= 0.6 is 11.8 Å². The number of carbonyl (C=O) groups is 1. The highest BCUT2D eigenvalue weighted by atomic mass is 32.2. The number of thioether (sulfide) groups is 1. The maximum absolute atomic E-state index is 13.3. The first kappa shape index (κ1) is 20.9. The van der Waals surface area contributed by atoms with Gasteiger partial charge in [-0.05, 0) is 36.8 Å². The maximum Gasteiger partial charge on any atom is 0.288 e. The van der Waals surface area contributed by atoms with Crippen molar-refractivity contribution in [3.8, 4) is 5.75 Å². The number of amidine groups is 1. The summed E-state index contributed by atoms with van der Waals surface area (Å²) in [5, 5.41) is 0.310. The van der Waals surface area contributed by atoms with Crippen molar-refractivity contribution in [1.82, 2.24) is 4.90 Å². The third kappa shape index (κ3) is 4.67. The van der Waals surface area contributed by atoms with Crippen LogP contribution in [0.2, 0.25) is 0 Å². The van der Waals surface area contributed by atoms with Crippen molar-refractivity contribution in [2.75, 3.05) is 11.5 Å². The molecule has 2 aliphatic rings. The van der Waals surface area contributed by atoms with Gasteiger partial charge in [-0.25, -0.2) is 12.8 Å². The van der Waals surface area contributed by atoms with Gasteiger partial charge in [0.2, 0.25) is 0 Å². The summed E-state index contributed by atoms with van der Waals surface area (Å²) in [6, 6.07) is 14.8. The SMILES string of the molecule is C[C@@H](Oc1ccccc1)C(=O)N=C1S[C@H]2CS(=O)(=O)C[C@H]2N1Cc1ccc(F)cc1. The molecule has 0 N–H and O–H groups in total. The normalized spacial score (nSPS) is 24.6. The molecule has 0 bridgehead atoms. The number of amides is 1. The fourth-order valence-corrected chi connectivity index (χ4v) is 7.50. The number of hydrogen-bond acceptors (Lipinski definition) is 5. The number of halogens is 1. The molecule has 158 valence electrons. The quantitative estimate of drug-likeness (QED) is 0.700. The van der Waals surface area contributed by atoms with Crippen LogP contribution in [0.3, 0.4) is 0 Å². The molecule has 30 heavy (non-hydrogen) atoms. The molecule has 6 nitrogen and oxygen atoms in total. The van der Waals surface area contributed by atoms with Gasteiger partial charge in [-0.1, -0.05) is 42.1 Å². The van der Waals surface area contributed by atoms with E-state index in [1.807, 2.05) is 23.1 Å². The molecule has 3 atom stereocenters. The van der Waals surface area contributed by atoms with Crippen LogP contribution in [0.15, 0.2) is 59.6 Å². The lowest BCUT2D eigenvalue weighted by Crippen LogP contribution is -2.37. The molecule has 2 aliphatic heterocycles. The fourth-order valence-electron chi connectivity index (χ4n) is 3.55. The highest BCUT2D eigenvalue weighted by Gasteiger charge is 2.48. The van der Waals surface area contributed by atoms with Gasteiger partial charge in [0.25, 0.3) is 5.91 Å². The molecule has 0 aliphatic carbocycles. The summed E-state index contributed by atoms with van der Waals surface area (Å²) >= 11 is 1.31. The molecule has 4 rings (SSSR count). The third-order valence-corrected chi connectivity index (χ3v) is 8.30. The van der Waals surface area contributed by atoms with E-state index < -0.39 is 21.8 Å². The topological polar surface area (TPSA) is 76.0 Å². The highest BCUT2D eigenvalue weighted by molar-refractivity contribution is 8.15. The molecule has 2 heterocycles. The molecular weight excluding hydrogens is 427 g/mol. The van der Waals surface area contributed by atoms with Crippen LogP contribution in [-0.2, 0) is 21.2 Å². The molecule has 2 aromatic carbocycles. The lowest BCUT2D eigenvalue weighted by Gasteiger charge is -2.24. The number of aliphatic imine (C=N–C) groups is 1. The van der Waals surface area contributed by atoms with Gasteiger partial charge in [-0.2, -0.15) is 4.99 Å². The summed E-state index contributed by atoms with van der Waals surface area (Å²) in [6.07, 6.45) is -0.780. The molecule has 0 unspecified atom stereocenters. The third-order valence-electron chi connectivity index (χ3n) is 5.05. The Hall–Kier alpha value is -2.39. The Morgan fingerprint density at radius 1 is 1.20 bits per heavy atom. The average molecular weight is 449 g/mol. The molecule has 0 spiro atoms. The van der Waals surface area contributed by atoms with Crippen molar-refractivity contribution in [3.05, 3.63) is 66.0 Å². The van der Waals surface area contributed by atoms with Gasteiger partial charge in [0.05, 0.1) is 17.5 Å². The molecule has 2 fully saturated rings. The number of para-hydroxylation sites is 1. The Kier molecular flexibility index (Phi) is 5.84. The molecule has 0 aromatic heterocycles. The average Bonchev–Trinajstić information content (AvgIpc) is 3.16. The first-order chi connectivity index (χ1) is 14.3. The van der Waals surface area contributed by atoms with Gasteiger partial charge in [0.1, 0.15) is 11.6 Å². The summed E-state index contributed by atoms with van der Waals surface area (Å²) in [5.41, 5.74) is 0.815. The Morgan fingerprint density at radius 3 is 2.60 bits per heavy atom. The molecule has 0 saturated carbocycles. The highest BCUT2D eigenvalue weighted by Crippen LogP contribution is 2.39. The first-order valence-corrected chi connectivity index (χ1v) is 12.2. The van der Waals surface area contributed by atoms with Crippen LogP contribution in [0.25, 0.3) is 0 Å². The number of carbonyl (C=O) groups excluding carboxylic acids is 1. The standard InChI is InChI=1S/C21H21FN2O4S2/c1-14(28-17-5-3-2-4-6-17)20(25)23-21-24(11-15-7-9-16(22)10-8-15)18-12-30(26,27)13-19(18)29-21/h2-10,14,18-19H,11-13H2,1H3/t14-,18-,19+/m1/s1. The van der Waals surface area contributed by atoms with Crippen molar-refractivity contribution in [1.29, 1.82) is 0 Å². The second-order valence-corrected chi connectivity index (χ2v) is 10.7. The number of nitrogens with zero attached hydrogens (tertiary/aromatic N) is 2. The minimum atomic E-state index is -3.13. The monoisotopic (exact) mass is 448 g/mol. The zero-order chi connectivity index (χ0) is 21.3. The van der Waals surface area contributed by atoms with E-state index in [1.54, 1.807) is 31.2 Å². The van der Waals surface area contributed by atoms with E-state index in [1.165, 1.54) is 23.9 Å². The van der Waals surface area contributed by atoms with Crippen molar-refractivity contribution >= 4 is 32.7 Å². The molecule has 1 amide bonds. The number of fused-ring (bicyclic) bond motifs is 1. The smallest absolute Gasteiger partial charge is 0.288 e. The lowest BCUT2D eigenvalue weighted by molar-refractivity contribution is -0.123. The van der Waals surface area contributed by atoms with Gasteiger partial charge in [-0.15, -0.1) is 0 Å². The number of rotatable bonds is 5. The zero-order valence-corrected chi connectivity index (χ0v) is 17.9. The molecule has 2 saturated heterocycles. The van der Waals surface area contributed by atoms with E-state index in [9.17, 15) is 17.6 Å². The summed E-state index contributed by atoms with van der Waals surface area (Å²) in [6.45, 7) is 1.98. The van der Waals surface area contributed by atoms with Crippen LogP contribution in [0.1, 0.15) is 12.5 Å². The summed E-state index contributed by atoms with van der Waals surface area (Å²) < 4.78 is 43.1. The van der Waals surface area contributed by atoms with E-state index in [2.05, 4.69) is 4.99 Å². The van der Waals surface area contributed by atoms with E-state index in [0.717, 1.165) is 5.56 Å². The Morgan fingerprint density at radius 2 is 1.90 bits per heavy atom. The van der Waals surface area contributed by atoms with Gasteiger partial charge in [0.15, 0.2) is 21.1 Å². The largest absolute Gasteiger partial charge is 0.481 e. The van der Waals surface area contributed by atoms with Crippen molar-refractivity contribution in [3.63, 3.8) is 0 Å². The molecule has 0 radical (unpaired) electrons. The Bertz CT molecular complexity index is 1060. The summed E-state index contributed by atoms with van der Waals surface area (Å²) in [7, 11) is -3.13. The second kappa shape index (κ2) is 8.39. The summed E-state index contributed by atoms with van der Waals surface area (Å²) in [5.74, 6) is -0.121. The Balaban J connectivity index is 1.55. The lowest BCUT2D eigenvalue weighted by atomic mass is 10.1. The number of benzene rings is 2. The van der Waals surface area contributed by atoms with Crippen molar-refractivity contribution in [2.45, 2.75) is 30.9 Å². The van der Waals surface area contributed by atoms with E-state index in [-0.39, 0.29) is 28.6 Å². The summed E-state index contributed by atoms with van der Waals surface area (Å²) in [4.78, 5) is 18.8. The van der Waals surface area contributed by atoms with Gasteiger partial charge in [0, 0.05) is 11.8 Å². The maximum atomic E-state index is 13.3. The van der Waals surface area contributed by atoms with Crippen molar-refractivity contribution in [2.24, 2.45) is 4.99 Å². The Labute approximate surface area is 179 Å². The zero-order valence-electron chi connectivity index (χ0n) is 16.3. The molecular formula is C21H21FN2O4S2. The van der Waals surface area contributed by atoms with Crippen LogP contribution in [0, 0.1) is 5.82 Å². The van der Waals surface area contributed by atoms with E-state index in [4.69, 9.17) is 4.74 Å². The predicted octanol–water partition coefficient (Wildman–Crippen LogP) is 2.89. The molecule has 9 heteroatoms.